The summed E-state index contributed by atoms with van der Waals surface area (Å²) in [6.07, 6.45) is 1.98. The number of halogens is 1. The summed E-state index contributed by atoms with van der Waals surface area (Å²) in [5.41, 5.74) is 0.0714. The normalized spacial score (nSPS) is 15.3. The molecule has 0 amide bonds. The van der Waals surface area contributed by atoms with E-state index in [1.165, 1.54) is 29.9 Å². The molecule has 0 radical (unpaired) electrons. The topological polar surface area (TPSA) is 128 Å². The Hall–Kier alpha value is -3.51. The Bertz CT molecular complexity index is 1470. The van der Waals surface area contributed by atoms with Crippen molar-refractivity contribution in [2.45, 2.75) is 26.0 Å². The molecule has 1 N–H and O–H groups in total. The summed E-state index contributed by atoms with van der Waals surface area (Å²) in [7, 11) is -2.15. The molecule has 3 aromatic rings. The van der Waals surface area contributed by atoms with Gasteiger partial charge in [-0.15, -0.1) is 0 Å². The van der Waals surface area contributed by atoms with Crippen LogP contribution in [0.15, 0.2) is 35.3 Å². The van der Waals surface area contributed by atoms with Crippen LogP contribution >= 0.6 is 0 Å². The molecule has 12 heteroatoms. The largest absolute Gasteiger partial charge is 0.505 e. The number of pyridine rings is 2. The maximum absolute atomic E-state index is 13.4. The van der Waals surface area contributed by atoms with Crippen molar-refractivity contribution in [2.75, 3.05) is 26.5 Å². The number of aromatic nitrogens is 2. The maximum atomic E-state index is 13.4. The maximum Gasteiger partial charge on any atom is 0.347 e. The van der Waals surface area contributed by atoms with Crippen molar-refractivity contribution >= 4 is 27.0 Å². The van der Waals surface area contributed by atoms with Crippen LogP contribution in [0.1, 0.15) is 28.4 Å². The van der Waals surface area contributed by atoms with Crippen molar-refractivity contribution in [3.05, 3.63) is 63.3 Å². The first-order chi connectivity index (χ1) is 16.5. The third-order valence-electron chi connectivity index (χ3n) is 5.76. The van der Waals surface area contributed by atoms with Crippen molar-refractivity contribution in [1.82, 2.24) is 13.9 Å². The summed E-state index contributed by atoms with van der Waals surface area (Å²) in [5.74, 6) is -1.78. The van der Waals surface area contributed by atoms with Gasteiger partial charge in [-0.1, -0.05) is 12.1 Å². The molecule has 1 aromatic carbocycles. The zero-order valence-electron chi connectivity index (χ0n) is 19.3. The molecule has 1 atom stereocenters. The van der Waals surface area contributed by atoms with E-state index >= 15 is 0 Å². The minimum absolute atomic E-state index is 0.00404. The monoisotopic (exact) mass is 505 g/mol. The first kappa shape index (κ1) is 24.6. The number of esters is 1. The quantitative estimate of drug-likeness (QED) is 0.480. The second-order valence-corrected chi connectivity index (χ2v) is 10.3. The van der Waals surface area contributed by atoms with Gasteiger partial charge in [0.2, 0.25) is 10.0 Å². The molecule has 0 fully saturated rings. The number of likely N-dealkylation sites (N-methyl/N-ethyl adjacent to an activating group) is 1. The Morgan fingerprint density at radius 1 is 1.34 bits per heavy atom. The van der Waals surface area contributed by atoms with Crippen LogP contribution in [0.25, 0.3) is 11.0 Å². The van der Waals surface area contributed by atoms with E-state index in [1.54, 1.807) is 19.1 Å². The molecule has 4 rings (SSSR count). The fourth-order valence-corrected chi connectivity index (χ4v) is 4.40. The van der Waals surface area contributed by atoms with Crippen LogP contribution in [0.3, 0.4) is 0 Å². The molecule has 0 unspecified atom stereocenters. The van der Waals surface area contributed by atoms with Gasteiger partial charge in [0.15, 0.2) is 17.1 Å². The Kier molecular flexibility index (Phi) is 6.52. The summed E-state index contributed by atoms with van der Waals surface area (Å²) < 4.78 is 50.7. The van der Waals surface area contributed by atoms with Crippen LogP contribution in [-0.2, 0) is 27.7 Å². The number of carbonyl (C=O) groups is 1. The number of aromatic hydroxyl groups is 1. The molecule has 1 aliphatic rings. The van der Waals surface area contributed by atoms with Gasteiger partial charge in [-0.3, -0.25) is 14.3 Å². The van der Waals surface area contributed by atoms with E-state index in [0.29, 0.717) is 5.56 Å². The number of benzene rings is 1. The fraction of sp³-hybridized carbons (Fsp3) is 0.348. The number of ether oxygens (including phenoxy) is 2. The van der Waals surface area contributed by atoms with E-state index in [9.17, 15) is 27.5 Å². The third kappa shape index (κ3) is 4.71. The van der Waals surface area contributed by atoms with Gasteiger partial charge in [0, 0.05) is 25.2 Å². The summed E-state index contributed by atoms with van der Waals surface area (Å²) >= 11 is 0. The highest BCUT2D eigenvalue weighted by Gasteiger charge is 2.33. The van der Waals surface area contributed by atoms with E-state index in [1.807, 2.05) is 0 Å². The van der Waals surface area contributed by atoms with Gasteiger partial charge in [-0.25, -0.2) is 21.9 Å². The molecule has 10 nitrogen and oxygen atoms in total. The van der Waals surface area contributed by atoms with Crippen molar-refractivity contribution < 1.29 is 32.2 Å². The molecular formula is C23H24FN3O7S. The first-order valence-electron chi connectivity index (χ1n) is 10.8. The second-order valence-electron chi connectivity index (χ2n) is 8.26. The molecular weight excluding hydrogens is 481 g/mol. The number of hydrogen-bond acceptors (Lipinski definition) is 8. The molecule has 0 spiro atoms. The van der Waals surface area contributed by atoms with Crippen molar-refractivity contribution in [3.8, 4) is 11.5 Å². The summed E-state index contributed by atoms with van der Waals surface area (Å²) in [4.78, 5) is 30.1. The third-order valence-corrected chi connectivity index (χ3v) is 7.04. The van der Waals surface area contributed by atoms with Crippen LogP contribution < -0.4 is 10.3 Å². The average molecular weight is 506 g/mol. The molecule has 0 saturated carbocycles. The van der Waals surface area contributed by atoms with Crippen LogP contribution in [0.2, 0.25) is 0 Å². The SMILES string of the molecule is CCOC(=O)c1c(O)c2ncc(Cc3ccc(F)cc3)c3c2n(c1=O)C[C@H](CN(C)S(C)(=O)=O)O3. The summed E-state index contributed by atoms with van der Waals surface area (Å²) in [6.45, 7) is 1.41. The standard InChI is InChI=1S/C23H24FN3O7S/c1-4-33-23(30)17-20(28)18-19-21(14(10-25-18)9-13-5-7-15(24)8-6-13)34-16(12-27(19)22(17)29)11-26(2)35(3,31)32/h5-8,10,16,28H,4,9,11-12H2,1-3H3/t16-/m0/s1. The van der Waals surface area contributed by atoms with Crippen molar-refractivity contribution in [1.29, 1.82) is 0 Å². The number of carbonyl (C=O) groups excluding carboxylic acids is 1. The van der Waals surface area contributed by atoms with E-state index in [0.717, 1.165) is 16.1 Å². The summed E-state index contributed by atoms with van der Waals surface area (Å²) in [5, 5.41) is 10.8. The van der Waals surface area contributed by atoms with Gasteiger partial charge in [-0.05, 0) is 24.6 Å². The Balaban J connectivity index is 1.90. The molecule has 35 heavy (non-hydrogen) atoms. The smallest absolute Gasteiger partial charge is 0.347 e. The van der Waals surface area contributed by atoms with Crippen LogP contribution in [0, 0.1) is 5.82 Å². The van der Waals surface area contributed by atoms with Crippen molar-refractivity contribution in [2.24, 2.45) is 0 Å². The van der Waals surface area contributed by atoms with E-state index in [2.05, 4.69) is 4.98 Å². The lowest BCUT2D eigenvalue weighted by atomic mass is 10.0. The van der Waals surface area contributed by atoms with E-state index < -0.39 is 44.8 Å². The van der Waals surface area contributed by atoms with Gasteiger partial charge < -0.3 is 14.6 Å². The molecule has 0 saturated heterocycles. The number of hydrogen-bond donors (Lipinski definition) is 1. The van der Waals surface area contributed by atoms with Crippen molar-refractivity contribution in [3.63, 3.8) is 0 Å². The fourth-order valence-electron chi connectivity index (χ4n) is 3.97. The molecule has 0 aliphatic carbocycles. The van der Waals surface area contributed by atoms with Gasteiger partial charge in [0.05, 0.1) is 26.0 Å². The van der Waals surface area contributed by atoms with Gasteiger partial charge >= 0.3 is 5.97 Å². The highest BCUT2D eigenvalue weighted by molar-refractivity contribution is 7.88. The van der Waals surface area contributed by atoms with Crippen LogP contribution in [0.4, 0.5) is 4.39 Å². The molecule has 1 aliphatic heterocycles. The molecule has 2 aromatic heterocycles. The predicted molar refractivity (Wildman–Crippen MR) is 125 cm³/mol. The van der Waals surface area contributed by atoms with E-state index in [-0.39, 0.29) is 42.9 Å². The van der Waals surface area contributed by atoms with Crippen LogP contribution in [-0.4, -0.2) is 65.9 Å². The highest BCUT2D eigenvalue weighted by Crippen LogP contribution is 2.38. The van der Waals surface area contributed by atoms with E-state index in [4.69, 9.17) is 9.47 Å². The first-order valence-corrected chi connectivity index (χ1v) is 12.6. The highest BCUT2D eigenvalue weighted by atomic mass is 32.2. The predicted octanol–water partition coefficient (Wildman–Crippen LogP) is 1.66. The number of nitrogens with zero attached hydrogens (tertiary/aromatic N) is 3. The lowest BCUT2D eigenvalue weighted by Gasteiger charge is -2.31. The Labute approximate surface area is 200 Å². The second kappa shape index (κ2) is 9.27. The minimum atomic E-state index is -3.54. The van der Waals surface area contributed by atoms with Gasteiger partial charge in [0.1, 0.15) is 23.0 Å². The summed E-state index contributed by atoms with van der Waals surface area (Å²) in [6, 6.07) is 5.82. The zero-order valence-corrected chi connectivity index (χ0v) is 20.1. The Morgan fingerprint density at radius 3 is 2.66 bits per heavy atom. The lowest BCUT2D eigenvalue weighted by Crippen LogP contribution is -2.44. The van der Waals surface area contributed by atoms with Gasteiger partial charge in [-0.2, -0.15) is 0 Å². The van der Waals surface area contributed by atoms with Gasteiger partial charge in [0.25, 0.3) is 5.56 Å². The molecule has 186 valence electrons. The lowest BCUT2D eigenvalue weighted by molar-refractivity contribution is 0.0519. The average Bonchev–Trinajstić information content (AvgIpc) is 2.79. The molecule has 3 heterocycles. The van der Waals surface area contributed by atoms with Crippen LogP contribution in [0.5, 0.6) is 11.5 Å². The minimum Gasteiger partial charge on any atom is -0.505 e. The number of rotatable bonds is 7. The zero-order chi connectivity index (χ0) is 25.5. The Morgan fingerprint density at radius 2 is 2.03 bits per heavy atom. The molecule has 0 bridgehead atoms. The number of sulfonamides is 1.